The molecule has 0 spiro atoms. The second-order valence-corrected chi connectivity index (χ2v) is 4.24. The first kappa shape index (κ1) is 11.7. The minimum Gasteiger partial charge on any atom is -0.261 e. The monoisotopic (exact) mass is 299 g/mol. The Bertz CT molecular complexity index is 570. The number of hydrogen-bond donors (Lipinski definition) is 0. The number of rotatable bonds is 3. The van der Waals surface area contributed by atoms with Gasteiger partial charge in [0.1, 0.15) is 18.2 Å². The maximum absolute atomic E-state index is 13.0. The lowest BCUT2D eigenvalue weighted by Crippen LogP contribution is -2.01. The minimum atomic E-state index is -0.524. The van der Waals surface area contributed by atoms with Gasteiger partial charge in [0.2, 0.25) is 0 Å². The summed E-state index contributed by atoms with van der Waals surface area (Å²) < 4.78 is 15.1. The molecule has 0 saturated carbocycles. The van der Waals surface area contributed by atoms with Crippen LogP contribution in [0, 0.1) is 15.9 Å². The molecule has 0 radical (unpaired) electrons. The summed E-state index contributed by atoms with van der Waals surface area (Å²) in [7, 11) is 0. The Morgan fingerprint density at radius 1 is 1.53 bits per heavy atom. The summed E-state index contributed by atoms with van der Waals surface area (Å²) in [5, 5.41) is 14.3. The van der Waals surface area contributed by atoms with Gasteiger partial charge in [-0.15, -0.1) is 0 Å². The van der Waals surface area contributed by atoms with E-state index in [1.807, 2.05) is 0 Å². The van der Waals surface area contributed by atoms with Crippen molar-refractivity contribution in [2.75, 3.05) is 0 Å². The van der Waals surface area contributed by atoms with Crippen molar-refractivity contribution in [2.24, 2.45) is 0 Å². The van der Waals surface area contributed by atoms with Crippen LogP contribution in [0.3, 0.4) is 0 Å². The molecule has 2 aromatic rings. The quantitative estimate of drug-likeness (QED) is 0.647. The van der Waals surface area contributed by atoms with Crippen molar-refractivity contribution in [3.8, 4) is 0 Å². The molecule has 0 atom stereocenters. The van der Waals surface area contributed by atoms with Gasteiger partial charge >= 0.3 is 5.69 Å². The molecule has 5 nitrogen and oxygen atoms in total. The standard InChI is InChI=1S/C10H7BrFN3O2/c11-10-2-1-8(12)3-7(10)5-14-6-9(4-13-14)15(16)17/h1-4,6H,5H2. The summed E-state index contributed by atoms with van der Waals surface area (Å²) in [6.07, 6.45) is 2.46. The van der Waals surface area contributed by atoms with E-state index < -0.39 is 4.92 Å². The van der Waals surface area contributed by atoms with Gasteiger partial charge in [-0.25, -0.2) is 4.39 Å². The summed E-state index contributed by atoms with van der Waals surface area (Å²) in [5.74, 6) is -0.357. The number of nitro groups is 1. The van der Waals surface area contributed by atoms with Crippen molar-refractivity contribution in [1.82, 2.24) is 9.78 Å². The van der Waals surface area contributed by atoms with E-state index in [0.29, 0.717) is 5.56 Å². The Balaban J connectivity index is 2.25. The van der Waals surface area contributed by atoms with E-state index in [9.17, 15) is 14.5 Å². The molecule has 0 saturated heterocycles. The maximum atomic E-state index is 13.0. The zero-order valence-electron chi connectivity index (χ0n) is 8.51. The molecule has 1 aromatic carbocycles. The van der Waals surface area contributed by atoms with Crippen molar-refractivity contribution >= 4 is 21.6 Å². The highest BCUT2D eigenvalue weighted by molar-refractivity contribution is 9.10. The van der Waals surface area contributed by atoms with Gasteiger partial charge in [0.15, 0.2) is 0 Å². The number of halogens is 2. The van der Waals surface area contributed by atoms with E-state index in [4.69, 9.17) is 0 Å². The first-order valence-electron chi connectivity index (χ1n) is 4.67. The molecule has 0 unspecified atom stereocenters. The van der Waals surface area contributed by atoms with Crippen molar-refractivity contribution in [2.45, 2.75) is 6.54 Å². The lowest BCUT2D eigenvalue weighted by Gasteiger charge is -2.04. The highest BCUT2D eigenvalue weighted by atomic mass is 79.9. The van der Waals surface area contributed by atoms with Crippen LogP contribution in [0.4, 0.5) is 10.1 Å². The Morgan fingerprint density at radius 3 is 2.94 bits per heavy atom. The van der Waals surface area contributed by atoms with E-state index in [1.54, 1.807) is 6.07 Å². The van der Waals surface area contributed by atoms with E-state index in [-0.39, 0.29) is 18.0 Å². The molecule has 0 bridgehead atoms. The fourth-order valence-corrected chi connectivity index (χ4v) is 1.74. The summed E-state index contributed by atoms with van der Waals surface area (Å²) in [5.41, 5.74) is 0.584. The molecule has 0 aliphatic heterocycles. The number of nitrogens with zero attached hydrogens (tertiary/aromatic N) is 3. The van der Waals surface area contributed by atoms with E-state index >= 15 is 0 Å². The highest BCUT2D eigenvalue weighted by Gasteiger charge is 2.10. The van der Waals surface area contributed by atoms with Crippen LogP contribution in [-0.2, 0) is 6.54 Å². The smallest absolute Gasteiger partial charge is 0.261 e. The summed E-state index contributed by atoms with van der Waals surface area (Å²) in [6.45, 7) is 0.270. The van der Waals surface area contributed by atoms with Gasteiger partial charge in [-0.1, -0.05) is 15.9 Å². The van der Waals surface area contributed by atoms with Crippen LogP contribution in [0.2, 0.25) is 0 Å². The van der Waals surface area contributed by atoms with Crippen LogP contribution < -0.4 is 0 Å². The molecule has 7 heteroatoms. The minimum absolute atomic E-state index is 0.0856. The summed E-state index contributed by atoms with van der Waals surface area (Å²) >= 11 is 3.28. The Kier molecular flexibility index (Phi) is 3.19. The molecule has 0 fully saturated rings. The maximum Gasteiger partial charge on any atom is 0.307 e. The number of hydrogen-bond acceptors (Lipinski definition) is 3. The van der Waals surface area contributed by atoms with Crippen LogP contribution >= 0.6 is 15.9 Å². The van der Waals surface area contributed by atoms with Crippen molar-refractivity contribution in [1.29, 1.82) is 0 Å². The molecule has 1 aromatic heterocycles. The van der Waals surface area contributed by atoms with Gasteiger partial charge < -0.3 is 0 Å². The molecule has 1 heterocycles. The normalized spacial score (nSPS) is 10.5. The summed E-state index contributed by atoms with van der Waals surface area (Å²) in [4.78, 5) is 9.95. The first-order chi connectivity index (χ1) is 8.06. The SMILES string of the molecule is O=[N+]([O-])c1cnn(Cc2cc(F)ccc2Br)c1. The van der Waals surface area contributed by atoms with E-state index in [2.05, 4.69) is 21.0 Å². The lowest BCUT2D eigenvalue weighted by molar-refractivity contribution is -0.385. The molecular weight excluding hydrogens is 293 g/mol. The van der Waals surface area contributed by atoms with Crippen molar-refractivity contribution in [3.63, 3.8) is 0 Å². The molecule has 17 heavy (non-hydrogen) atoms. The third kappa shape index (κ3) is 2.68. The van der Waals surface area contributed by atoms with Crippen LogP contribution in [0.15, 0.2) is 35.1 Å². The van der Waals surface area contributed by atoms with Gasteiger partial charge in [-0.05, 0) is 23.8 Å². The molecule has 0 aliphatic rings. The van der Waals surface area contributed by atoms with Crippen molar-refractivity contribution < 1.29 is 9.31 Å². The van der Waals surface area contributed by atoms with Gasteiger partial charge in [0.05, 0.1) is 11.5 Å². The molecule has 2 rings (SSSR count). The fourth-order valence-electron chi connectivity index (χ4n) is 1.37. The first-order valence-corrected chi connectivity index (χ1v) is 5.46. The molecule has 0 aliphatic carbocycles. The van der Waals surface area contributed by atoms with Crippen LogP contribution in [0.5, 0.6) is 0 Å². The lowest BCUT2D eigenvalue weighted by atomic mass is 10.2. The molecule has 88 valence electrons. The summed E-state index contributed by atoms with van der Waals surface area (Å²) in [6, 6.07) is 4.28. The highest BCUT2D eigenvalue weighted by Crippen LogP contribution is 2.19. The Labute approximate surface area is 104 Å². The van der Waals surface area contributed by atoms with Gasteiger partial charge in [0, 0.05) is 4.47 Å². The van der Waals surface area contributed by atoms with Crippen molar-refractivity contribution in [3.05, 3.63) is 56.6 Å². The number of benzene rings is 1. The zero-order valence-corrected chi connectivity index (χ0v) is 10.1. The third-order valence-electron chi connectivity index (χ3n) is 2.17. The van der Waals surface area contributed by atoms with Gasteiger partial charge in [-0.2, -0.15) is 5.10 Å². The largest absolute Gasteiger partial charge is 0.307 e. The number of aromatic nitrogens is 2. The second-order valence-electron chi connectivity index (χ2n) is 3.39. The third-order valence-corrected chi connectivity index (χ3v) is 2.94. The molecule has 0 N–H and O–H groups in total. The van der Waals surface area contributed by atoms with E-state index in [1.165, 1.54) is 23.0 Å². The predicted molar refractivity (Wildman–Crippen MR) is 62.1 cm³/mol. The molecular formula is C10H7BrFN3O2. The second kappa shape index (κ2) is 4.62. The topological polar surface area (TPSA) is 61.0 Å². The zero-order chi connectivity index (χ0) is 12.4. The van der Waals surface area contributed by atoms with Crippen LogP contribution in [0.1, 0.15) is 5.56 Å². The molecule has 0 amide bonds. The van der Waals surface area contributed by atoms with Crippen LogP contribution in [0.25, 0.3) is 0 Å². The average Bonchev–Trinajstić information content (AvgIpc) is 2.72. The van der Waals surface area contributed by atoms with Gasteiger partial charge in [0.25, 0.3) is 0 Å². The van der Waals surface area contributed by atoms with Crippen LogP contribution in [-0.4, -0.2) is 14.7 Å². The van der Waals surface area contributed by atoms with Gasteiger partial charge in [-0.3, -0.25) is 14.8 Å². The Hall–Kier alpha value is -1.76. The predicted octanol–water partition coefficient (Wildman–Crippen LogP) is 2.74. The van der Waals surface area contributed by atoms with E-state index in [0.717, 1.165) is 10.7 Å². The Morgan fingerprint density at radius 2 is 2.29 bits per heavy atom. The fraction of sp³-hybridized carbons (Fsp3) is 0.100. The average molecular weight is 300 g/mol.